The molecule has 0 aromatic rings. The summed E-state index contributed by atoms with van der Waals surface area (Å²) in [4.78, 5) is 24.8. The minimum Gasteiger partial charge on any atom is -0.459 e. The predicted octanol–water partition coefficient (Wildman–Crippen LogP) is 2.05. The van der Waals surface area contributed by atoms with Crippen LogP contribution in [0.5, 0.6) is 0 Å². The number of aliphatic hydroxyl groups excluding tert-OH is 1. The number of aliphatic hydroxyl groups is 1. The lowest BCUT2D eigenvalue weighted by Gasteiger charge is -2.50. The second kappa shape index (κ2) is 5.42. The van der Waals surface area contributed by atoms with E-state index in [1.54, 1.807) is 6.92 Å². The summed E-state index contributed by atoms with van der Waals surface area (Å²) in [6.07, 6.45) is 0.00796. The highest BCUT2D eigenvalue weighted by Crippen LogP contribution is 2.56. The molecule has 4 aliphatic rings. The Balaban J connectivity index is 1.71. The monoisotopic (exact) mass is 362 g/mol. The number of ether oxygens (including phenoxy) is 3. The van der Waals surface area contributed by atoms with Crippen molar-refractivity contribution in [3.05, 3.63) is 23.3 Å². The summed E-state index contributed by atoms with van der Waals surface area (Å²) < 4.78 is 16.8. The second-order valence-corrected chi connectivity index (χ2v) is 8.56. The molecule has 2 aliphatic carbocycles. The summed E-state index contributed by atoms with van der Waals surface area (Å²) in [5.41, 5.74) is 0.938. The van der Waals surface area contributed by atoms with Crippen molar-refractivity contribution in [1.29, 1.82) is 0 Å². The van der Waals surface area contributed by atoms with Crippen LogP contribution in [0.4, 0.5) is 0 Å². The quantitative estimate of drug-likeness (QED) is 0.350. The highest BCUT2D eigenvalue weighted by atomic mass is 16.7. The van der Waals surface area contributed by atoms with E-state index in [1.807, 2.05) is 20.8 Å². The molecular formula is C20H26O6. The molecule has 3 fully saturated rings. The van der Waals surface area contributed by atoms with Crippen molar-refractivity contribution < 1.29 is 28.9 Å². The summed E-state index contributed by atoms with van der Waals surface area (Å²) in [6, 6.07) is 0. The van der Waals surface area contributed by atoms with Gasteiger partial charge in [-0.15, -0.1) is 0 Å². The van der Waals surface area contributed by atoms with Gasteiger partial charge in [0.25, 0.3) is 0 Å². The highest BCUT2D eigenvalue weighted by molar-refractivity contribution is 5.92. The lowest BCUT2D eigenvalue weighted by atomic mass is 9.58. The van der Waals surface area contributed by atoms with Gasteiger partial charge in [-0.3, -0.25) is 0 Å². The van der Waals surface area contributed by atoms with Crippen LogP contribution in [0, 0.1) is 11.3 Å². The average Bonchev–Trinajstić information content (AvgIpc) is 3.07. The van der Waals surface area contributed by atoms with E-state index in [9.17, 15) is 14.7 Å². The fourth-order valence-corrected chi connectivity index (χ4v) is 4.99. The molecular weight excluding hydrogens is 336 g/mol. The third kappa shape index (κ3) is 2.24. The number of allylic oxidation sites excluding steroid dienone is 1. The molecule has 26 heavy (non-hydrogen) atoms. The molecule has 4 rings (SSSR count). The molecule has 0 bridgehead atoms. The summed E-state index contributed by atoms with van der Waals surface area (Å²) in [6.45, 7) is 11.4. The molecule has 142 valence electrons. The van der Waals surface area contributed by atoms with Gasteiger partial charge >= 0.3 is 11.9 Å². The smallest absolute Gasteiger partial charge is 0.341 e. The van der Waals surface area contributed by atoms with Gasteiger partial charge in [0.2, 0.25) is 0 Å². The predicted molar refractivity (Wildman–Crippen MR) is 92.0 cm³/mol. The first-order valence-electron chi connectivity index (χ1n) is 9.26. The normalized spacial score (nSPS) is 47.2. The van der Waals surface area contributed by atoms with Crippen molar-refractivity contribution in [3.63, 3.8) is 0 Å². The van der Waals surface area contributed by atoms with E-state index < -0.39 is 47.2 Å². The van der Waals surface area contributed by atoms with E-state index in [0.717, 1.165) is 17.6 Å². The molecule has 2 saturated heterocycles. The molecule has 1 saturated carbocycles. The van der Waals surface area contributed by atoms with Crippen LogP contribution >= 0.6 is 0 Å². The van der Waals surface area contributed by atoms with Crippen molar-refractivity contribution in [3.8, 4) is 0 Å². The van der Waals surface area contributed by atoms with E-state index in [0.29, 0.717) is 18.4 Å². The van der Waals surface area contributed by atoms with Crippen LogP contribution in [0.1, 0.15) is 47.0 Å². The number of rotatable bonds is 2. The minimum absolute atomic E-state index is 0.187. The molecule has 1 N–H and O–H groups in total. The van der Waals surface area contributed by atoms with Crippen LogP contribution in [-0.4, -0.2) is 47.1 Å². The van der Waals surface area contributed by atoms with E-state index in [2.05, 4.69) is 6.58 Å². The third-order valence-electron chi connectivity index (χ3n) is 6.94. The first kappa shape index (κ1) is 17.7. The highest BCUT2D eigenvalue weighted by Gasteiger charge is 2.62. The zero-order chi connectivity index (χ0) is 19.0. The minimum atomic E-state index is -0.932. The largest absolute Gasteiger partial charge is 0.459 e. The number of carbonyl (C=O) groups excluding carboxylic acids is 2. The van der Waals surface area contributed by atoms with Gasteiger partial charge in [0.05, 0.1) is 18.1 Å². The van der Waals surface area contributed by atoms with Crippen molar-refractivity contribution in [1.82, 2.24) is 0 Å². The Morgan fingerprint density at radius 3 is 2.65 bits per heavy atom. The second-order valence-electron chi connectivity index (χ2n) is 8.56. The number of fused-ring (bicyclic) bond motifs is 3. The van der Waals surface area contributed by atoms with Gasteiger partial charge in [-0.2, -0.15) is 0 Å². The number of esters is 2. The van der Waals surface area contributed by atoms with Crippen LogP contribution in [0.15, 0.2) is 23.3 Å². The zero-order valence-corrected chi connectivity index (χ0v) is 15.7. The molecule has 0 unspecified atom stereocenters. The maximum atomic E-state index is 12.6. The first-order valence-corrected chi connectivity index (χ1v) is 9.26. The molecule has 0 spiro atoms. The van der Waals surface area contributed by atoms with Crippen LogP contribution < -0.4 is 0 Å². The van der Waals surface area contributed by atoms with Gasteiger partial charge in [-0.1, -0.05) is 19.1 Å². The van der Waals surface area contributed by atoms with Crippen LogP contribution in [-0.2, 0) is 23.8 Å². The molecule has 0 radical (unpaired) electrons. The molecule has 6 nitrogen and oxygen atoms in total. The Morgan fingerprint density at radius 1 is 1.38 bits per heavy atom. The standard InChI is InChI=1S/C20H26O6/c1-9-6-7-13(21)19(4)8-12(24-18(23)20(5)11(3)26-20)14-10(2)17(22)25-16(14)15(9)19/h11-14,16,21H,2,6-8H2,1,3-5H3/t11-,12-,13-,14-,16+,19+,20+/m1/s1. The van der Waals surface area contributed by atoms with Gasteiger partial charge in [0.1, 0.15) is 12.2 Å². The van der Waals surface area contributed by atoms with Gasteiger partial charge in [-0.25, -0.2) is 9.59 Å². The van der Waals surface area contributed by atoms with Crippen molar-refractivity contribution >= 4 is 11.9 Å². The van der Waals surface area contributed by atoms with E-state index in [-0.39, 0.29) is 6.10 Å². The van der Waals surface area contributed by atoms with E-state index >= 15 is 0 Å². The lowest BCUT2D eigenvalue weighted by Crippen LogP contribution is -2.53. The van der Waals surface area contributed by atoms with Crippen LogP contribution in [0.2, 0.25) is 0 Å². The molecule has 2 heterocycles. The molecule has 0 amide bonds. The van der Waals surface area contributed by atoms with E-state index in [4.69, 9.17) is 14.2 Å². The summed E-state index contributed by atoms with van der Waals surface area (Å²) in [7, 11) is 0. The molecule has 7 atom stereocenters. The van der Waals surface area contributed by atoms with Gasteiger partial charge in [0.15, 0.2) is 5.60 Å². The van der Waals surface area contributed by atoms with Gasteiger partial charge in [0, 0.05) is 11.0 Å². The summed E-state index contributed by atoms with van der Waals surface area (Å²) >= 11 is 0. The number of hydrogen-bond acceptors (Lipinski definition) is 6. The molecule has 2 aliphatic heterocycles. The SMILES string of the molecule is C=C1C(=O)O[C@@H]2C3=C(C)CC[C@@H](O)[C@]3(C)C[C@@H](OC(=O)[C@@]3(C)O[C@@H]3C)[C@@H]12. The van der Waals surface area contributed by atoms with E-state index in [1.165, 1.54) is 0 Å². The van der Waals surface area contributed by atoms with Crippen LogP contribution in [0.3, 0.4) is 0 Å². The topological polar surface area (TPSA) is 85.4 Å². The van der Waals surface area contributed by atoms with Crippen LogP contribution in [0.25, 0.3) is 0 Å². The number of carbonyl (C=O) groups is 2. The van der Waals surface area contributed by atoms with Gasteiger partial charge in [-0.05, 0) is 45.6 Å². The summed E-state index contributed by atoms with van der Waals surface area (Å²) in [5, 5.41) is 10.7. The van der Waals surface area contributed by atoms with Crippen molar-refractivity contribution in [2.24, 2.45) is 11.3 Å². The Bertz CT molecular complexity index is 739. The maximum absolute atomic E-state index is 12.6. The first-order chi connectivity index (χ1) is 12.1. The van der Waals surface area contributed by atoms with Crippen molar-refractivity contribution in [2.45, 2.75) is 77.0 Å². The molecule has 6 heteroatoms. The Labute approximate surface area is 153 Å². The average molecular weight is 362 g/mol. The Morgan fingerprint density at radius 2 is 2.04 bits per heavy atom. The zero-order valence-electron chi connectivity index (χ0n) is 15.7. The number of epoxide rings is 1. The third-order valence-corrected chi connectivity index (χ3v) is 6.94. The fourth-order valence-electron chi connectivity index (χ4n) is 4.99. The molecule has 0 aromatic carbocycles. The Hall–Kier alpha value is -1.66. The Kier molecular flexibility index (Phi) is 3.70. The molecule has 0 aromatic heterocycles. The van der Waals surface area contributed by atoms with Gasteiger partial charge < -0.3 is 19.3 Å². The lowest BCUT2D eigenvalue weighted by molar-refractivity contribution is -0.165. The maximum Gasteiger partial charge on any atom is 0.341 e. The van der Waals surface area contributed by atoms with Crippen molar-refractivity contribution in [2.75, 3.05) is 0 Å². The summed E-state index contributed by atoms with van der Waals surface area (Å²) in [5.74, 6) is -1.29. The fraction of sp³-hybridized carbons (Fsp3) is 0.700. The number of hydrogen-bond donors (Lipinski definition) is 1.